The molecule has 0 atom stereocenters. The molecule has 2 N–H and O–H groups in total. The van der Waals surface area contributed by atoms with E-state index in [0.717, 1.165) is 0 Å². The fourth-order valence-corrected chi connectivity index (χ4v) is 1.41. The van der Waals surface area contributed by atoms with Gasteiger partial charge in [-0.15, -0.1) is 0 Å². The van der Waals surface area contributed by atoms with E-state index in [-0.39, 0.29) is 19.8 Å². The largest absolute Gasteiger partial charge is 0.493 e. The molecule has 0 saturated carbocycles. The molecule has 0 unspecified atom stereocenters. The van der Waals surface area contributed by atoms with Crippen LogP contribution in [-0.2, 0) is 9.53 Å². The molecular formula is C13H17NO6. The van der Waals surface area contributed by atoms with Crippen molar-refractivity contribution >= 4 is 11.9 Å². The van der Waals surface area contributed by atoms with Crippen molar-refractivity contribution in [3.05, 3.63) is 23.8 Å². The number of rotatable bonds is 7. The Morgan fingerprint density at radius 3 is 2.60 bits per heavy atom. The first kappa shape index (κ1) is 15.8. The molecule has 110 valence electrons. The van der Waals surface area contributed by atoms with Gasteiger partial charge in [0.25, 0.3) is 5.91 Å². The minimum absolute atomic E-state index is 0.121. The number of ether oxygens (including phenoxy) is 3. The molecular weight excluding hydrogens is 266 g/mol. The molecule has 1 aromatic carbocycles. The lowest BCUT2D eigenvalue weighted by atomic mass is 10.2. The molecule has 0 aromatic heterocycles. The van der Waals surface area contributed by atoms with Crippen molar-refractivity contribution in [2.24, 2.45) is 0 Å². The van der Waals surface area contributed by atoms with E-state index in [1.165, 1.54) is 26.4 Å². The maximum absolute atomic E-state index is 11.8. The third kappa shape index (κ3) is 4.43. The number of hydrogen-bond acceptors (Lipinski definition) is 6. The first-order valence-electron chi connectivity index (χ1n) is 5.89. The van der Waals surface area contributed by atoms with E-state index in [2.05, 4.69) is 10.1 Å². The zero-order valence-electron chi connectivity index (χ0n) is 11.3. The van der Waals surface area contributed by atoms with Gasteiger partial charge >= 0.3 is 5.97 Å². The Morgan fingerprint density at radius 2 is 2.00 bits per heavy atom. The minimum atomic E-state index is -0.534. The van der Waals surface area contributed by atoms with E-state index in [1.807, 2.05) is 0 Å². The molecule has 1 rings (SSSR count). The van der Waals surface area contributed by atoms with E-state index >= 15 is 0 Å². The average molecular weight is 283 g/mol. The molecule has 0 spiro atoms. The number of carbonyl (C=O) groups excluding carboxylic acids is 2. The molecule has 0 heterocycles. The molecule has 0 aliphatic rings. The second-order valence-electron chi connectivity index (χ2n) is 3.70. The molecule has 0 saturated heterocycles. The first-order valence-corrected chi connectivity index (χ1v) is 5.89. The van der Waals surface area contributed by atoms with Gasteiger partial charge in [0.15, 0.2) is 11.5 Å². The number of amides is 1. The van der Waals surface area contributed by atoms with Gasteiger partial charge in [-0.05, 0) is 18.2 Å². The summed E-state index contributed by atoms with van der Waals surface area (Å²) in [6.45, 7) is -0.199. The first-order chi connectivity index (χ1) is 9.62. The Labute approximate surface area is 116 Å². The smallest absolute Gasteiger partial charge is 0.325 e. The van der Waals surface area contributed by atoms with Gasteiger partial charge in [-0.3, -0.25) is 9.59 Å². The highest BCUT2D eigenvalue weighted by molar-refractivity contribution is 5.96. The summed E-state index contributed by atoms with van der Waals surface area (Å²) in [7, 11) is 2.68. The number of benzene rings is 1. The van der Waals surface area contributed by atoms with Crippen molar-refractivity contribution < 1.29 is 28.9 Å². The van der Waals surface area contributed by atoms with Crippen molar-refractivity contribution in [1.82, 2.24) is 5.32 Å². The Morgan fingerprint density at radius 1 is 1.25 bits per heavy atom. The van der Waals surface area contributed by atoms with Gasteiger partial charge in [0, 0.05) is 5.56 Å². The molecule has 0 aliphatic carbocycles. The summed E-state index contributed by atoms with van der Waals surface area (Å²) < 4.78 is 14.8. The predicted molar refractivity (Wildman–Crippen MR) is 69.9 cm³/mol. The number of carbonyl (C=O) groups is 2. The van der Waals surface area contributed by atoms with Crippen molar-refractivity contribution in [2.45, 2.75) is 0 Å². The van der Waals surface area contributed by atoms with Crippen LogP contribution in [0.4, 0.5) is 0 Å². The highest BCUT2D eigenvalue weighted by Crippen LogP contribution is 2.27. The predicted octanol–water partition coefficient (Wildman–Crippen LogP) is -0.0309. The SMILES string of the molecule is COC(=O)CNC(=O)c1ccc(OCCO)c(OC)c1. The lowest BCUT2D eigenvalue weighted by Crippen LogP contribution is -2.30. The number of aliphatic hydroxyl groups excluding tert-OH is 1. The molecule has 0 aliphatic heterocycles. The molecule has 0 fully saturated rings. The van der Waals surface area contributed by atoms with E-state index < -0.39 is 11.9 Å². The Kier molecular flexibility index (Phi) is 6.31. The van der Waals surface area contributed by atoms with E-state index in [1.54, 1.807) is 6.07 Å². The zero-order chi connectivity index (χ0) is 15.0. The van der Waals surface area contributed by atoms with Crippen LogP contribution in [0.2, 0.25) is 0 Å². The maximum atomic E-state index is 11.8. The zero-order valence-corrected chi connectivity index (χ0v) is 11.3. The normalized spacial score (nSPS) is 9.75. The standard InChI is InChI=1S/C13H17NO6/c1-18-11-7-9(3-4-10(11)20-6-5-15)13(17)14-8-12(16)19-2/h3-4,7,15H,5-6,8H2,1-2H3,(H,14,17). The third-order valence-electron chi connectivity index (χ3n) is 2.40. The van der Waals surface area contributed by atoms with E-state index in [9.17, 15) is 9.59 Å². The number of methoxy groups -OCH3 is 2. The lowest BCUT2D eigenvalue weighted by molar-refractivity contribution is -0.139. The molecule has 7 nitrogen and oxygen atoms in total. The van der Waals surface area contributed by atoms with Gasteiger partial charge in [0.2, 0.25) is 0 Å². The average Bonchev–Trinajstić information content (AvgIpc) is 2.49. The summed E-state index contributed by atoms with van der Waals surface area (Å²) in [6.07, 6.45) is 0. The fourth-order valence-electron chi connectivity index (χ4n) is 1.41. The fraction of sp³-hybridized carbons (Fsp3) is 0.385. The van der Waals surface area contributed by atoms with Crippen LogP contribution in [0.1, 0.15) is 10.4 Å². The summed E-state index contributed by atoms with van der Waals surface area (Å²) >= 11 is 0. The number of hydrogen-bond donors (Lipinski definition) is 2. The van der Waals surface area contributed by atoms with Crippen LogP contribution in [0.25, 0.3) is 0 Å². The van der Waals surface area contributed by atoms with Gasteiger partial charge in [0.1, 0.15) is 13.2 Å². The highest BCUT2D eigenvalue weighted by Gasteiger charge is 2.12. The monoisotopic (exact) mass is 283 g/mol. The molecule has 0 bridgehead atoms. The topological polar surface area (TPSA) is 94.1 Å². The van der Waals surface area contributed by atoms with Crippen LogP contribution in [0.15, 0.2) is 18.2 Å². The summed E-state index contributed by atoms with van der Waals surface area (Å²) in [5.41, 5.74) is 0.321. The van der Waals surface area contributed by atoms with Crippen molar-refractivity contribution in [3.8, 4) is 11.5 Å². The summed E-state index contributed by atoms with van der Waals surface area (Å²) in [5.74, 6) is -0.175. The maximum Gasteiger partial charge on any atom is 0.325 e. The molecule has 7 heteroatoms. The minimum Gasteiger partial charge on any atom is -0.493 e. The van der Waals surface area contributed by atoms with Crippen molar-refractivity contribution in [2.75, 3.05) is 34.0 Å². The third-order valence-corrected chi connectivity index (χ3v) is 2.40. The Bertz CT molecular complexity index is 474. The number of aliphatic hydroxyl groups is 1. The van der Waals surface area contributed by atoms with Crippen LogP contribution in [0.5, 0.6) is 11.5 Å². The Hall–Kier alpha value is -2.28. The van der Waals surface area contributed by atoms with Crippen LogP contribution < -0.4 is 14.8 Å². The molecule has 1 amide bonds. The van der Waals surface area contributed by atoms with Crippen LogP contribution in [0.3, 0.4) is 0 Å². The molecule has 20 heavy (non-hydrogen) atoms. The van der Waals surface area contributed by atoms with Gasteiger partial charge in [-0.1, -0.05) is 0 Å². The van der Waals surface area contributed by atoms with E-state index in [4.69, 9.17) is 14.6 Å². The second kappa shape index (κ2) is 8.00. The molecule has 0 radical (unpaired) electrons. The summed E-state index contributed by atoms with van der Waals surface area (Å²) in [5, 5.41) is 11.1. The van der Waals surface area contributed by atoms with E-state index in [0.29, 0.717) is 17.1 Å². The van der Waals surface area contributed by atoms with Gasteiger partial charge in [-0.2, -0.15) is 0 Å². The highest BCUT2D eigenvalue weighted by atomic mass is 16.5. The quantitative estimate of drug-likeness (QED) is 0.682. The number of esters is 1. The van der Waals surface area contributed by atoms with Gasteiger partial charge < -0.3 is 24.6 Å². The van der Waals surface area contributed by atoms with Gasteiger partial charge in [0.05, 0.1) is 20.8 Å². The number of nitrogens with one attached hydrogen (secondary N) is 1. The Balaban J connectivity index is 2.75. The molecule has 1 aromatic rings. The lowest BCUT2D eigenvalue weighted by Gasteiger charge is -2.11. The second-order valence-corrected chi connectivity index (χ2v) is 3.70. The van der Waals surface area contributed by atoms with Crippen LogP contribution in [-0.4, -0.2) is 51.0 Å². The summed E-state index contributed by atoms with van der Waals surface area (Å²) in [4.78, 5) is 22.7. The van der Waals surface area contributed by atoms with Crippen molar-refractivity contribution in [1.29, 1.82) is 0 Å². The van der Waals surface area contributed by atoms with Crippen LogP contribution in [0, 0.1) is 0 Å². The van der Waals surface area contributed by atoms with Crippen molar-refractivity contribution in [3.63, 3.8) is 0 Å². The van der Waals surface area contributed by atoms with Gasteiger partial charge in [-0.25, -0.2) is 0 Å². The van der Waals surface area contributed by atoms with Crippen LogP contribution >= 0.6 is 0 Å². The summed E-state index contributed by atoms with van der Waals surface area (Å²) in [6, 6.07) is 4.57.